The molecule has 1 aromatic heterocycles. The molecule has 0 saturated carbocycles. The Morgan fingerprint density at radius 1 is 1.40 bits per heavy atom. The Bertz CT molecular complexity index is 674. The number of nitrogens with zero attached hydrogens (tertiary/aromatic N) is 1. The zero-order chi connectivity index (χ0) is 15.1. The van der Waals surface area contributed by atoms with Gasteiger partial charge in [-0.25, -0.2) is 9.78 Å². The zero-order valence-corrected chi connectivity index (χ0v) is 14.1. The van der Waals surface area contributed by atoms with E-state index in [1.165, 1.54) is 0 Å². The van der Waals surface area contributed by atoms with E-state index >= 15 is 0 Å². The van der Waals surface area contributed by atoms with Crippen molar-refractivity contribution in [1.82, 2.24) is 4.98 Å². The van der Waals surface area contributed by atoms with Gasteiger partial charge >= 0.3 is 5.97 Å². The molecule has 2 rings (SSSR count). The highest BCUT2D eigenvalue weighted by Crippen LogP contribution is 2.32. The van der Waals surface area contributed by atoms with Gasteiger partial charge < -0.3 is 9.52 Å². The van der Waals surface area contributed by atoms with Crippen molar-refractivity contribution in [1.29, 1.82) is 0 Å². The van der Waals surface area contributed by atoms with Crippen LogP contribution in [0.1, 0.15) is 37.0 Å². The summed E-state index contributed by atoms with van der Waals surface area (Å²) in [7, 11) is 0. The minimum absolute atomic E-state index is 0.123. The number of oxazole rings is 1. The largest absolute Gasteiger partial charge is 0.475 e. The second kappa shape index (κ2) is 5.37. The van der Waals surface area contributed by atoms with Crippen molar-refractivity contribution in [3.8, 4) is 11.5 Å². The molecule has 2 aromatic rings. The Morgan fingerprint density at radius 2 is 2.05 bits per heavy atom. The zero-order valence-electron chi connectivity index (χ0n) is 11.2. The van der Waals surface area contributed by atoms with Crippen molar-refractivity contribution in [2.24, 2.45) is 0 Å². The average molecular weight is 406 g/mol. The second-order valence-corrected chi connectivity index (χ2v) is 6.95. The Balaban J connectivity index is 2.58. The number of carboxylic acids is 1. The fraction of sp³-hybridized carbons (Fsp3) is 0.286. The quantitative estimate of drug-likeness (QED) is 0.742. The summed E-state index contributed by atoms with van der Waals surface area (Å²) in [6.07, 6.45) is 0. The molecule has 1 heterocycles. The molecule has 0 unspecified atom stereocenters. The maximum atomic E-state index is 11.3. The molecule has 1 aromatic carbocycles. The molecule has 1 N–H and O–H groups in total. The number of rotatable bonds is 2. The number of carbonyl (C=O) groups is 1. The summed E-state index contributed by atoms with van der Waals surface area (Å²) >= 11 is 8.19. The van der Waals surface area contributed by atoms with Crippen molar-refractivity contribution >= 4 is 40.2 Å². The fourth-order valence-electron chi connectivity index (χ4n) is 1.73. The van der Waals surface area contributed by atoms with E-state index in [-0.39, 0.29) is 11.7 Å². The van der Waals surface area contributed by atoms with Gasteiger partial charge in [-0.2, -0.15) is 0 Å². The molecule has 6 heteroatoms. The Kier molecular flexibility index (Phi) is 4.11. The molecule has 0 fully saturated rings. The minimum Gasteiger partial charge on any atom is -0.475 e. The highest BCUT2D eigenvalue weighted by Gasteiger charge is 2.29. The number of carboxylic acid groups (broad SMARTS) is 1. The van der Waals surface area contributed by atoms with Crippen LogP contribution in [0.2, 0.25) is 5.02 Å². The molecule has 0 bridgehead atoms. The summed E-state index contributed by atoms with van der Waals surface area (Å²) in [6.45, 7) is 5.67. The first-order valence-electron chi connectivity index (χ1n) is 5.90. The number of hydrogen-bond acceptors (Lipinski definition) is 3. The van der Waals surface area contributed by atoms with Gasteiger partial charge in [0.15, 0.2) is 0 Å². The molecule has 20 heavy (non-hydrogen) atoms. The summed E-state index contributed by atoms with van der Waals surface area (Å²) in [6, 6.07) is 5.35. The lowest BCUT2D eigenvalue weighted by Gasteiger charge is -2.14. The van der Waals surface area contributed by atoms with Crippen molar-refractivity contribution in [3.05, 3.63) is 38.2 Å². The summed E-state index contributed by atoms with van der Waals surface area (Å²) in [5.41, 5.74) is 0.672. The van der Waals surface area contributed by atoms with Gasteiger partial charge in [0, 0.05) is 14.5 Å². The third-order valence-corrected chi connectivity index (χ3v) is 4.27. The van der Waals surface area contributed by atoms with Gasteiger partial charge in [-0.15, -0.1) is 0 Å². The monoisotopic (exact) mass is 405 g/mol. The molecule has 0 saturated heterocycles. The van der Waals surface area contributed by atoms with Crippen molar-refractivity contribution in [3.63, 3.8) is 0 Å². The van der Waals surface area contributed by atoms with E-state index in [4.69, 9.17) is 16.0 Å². The van der Waals surface area contributed by atoms with E-state index in [1.54, 1.807) is 12.1 Å². The van der Waals surface area contributed by atoms with Crippen LogP contribution in [0.25, 0.3) is 11.5 Å². The number of halogens is 2. The van der Waals surface area contributed by atoms with Crippen LogP contribution < -0.4 is 0 Å². The topological polar surface area (TPSA) is 63.3 Å². The molecule has 0 aliphatic carbocycles. The van der Waals surface area contributed by atoms with Crippen LogP contribution in [0, 0.1) is 3.57 Å². The molecule has 0 atom stereocenters. The van der Waals surface area contributed by atoms with Crippen LogP contribution in [0.3, 0.4) is 0 Å². The van der Waals surface area contributed by atoms with Crippen LogP contribution in [-0.2, 0) is 5.41 Å². The normalized spacial score (nSPS) is 11.7. The first-order chi connectivity index (χ1) is 9.20. The SMILES string of the molecule is CC(C)(C)c1nc(-c2ccc(I)c(Cl)c2)oc1C(=O)O. The molecule has 0 amide bonds. The van der Waals surface area contributed by atoms with Crippen LogP contribution in [-0.4, -0.2) is 16.1 Å². The summed E-state index contributed by atoms with van der Waals surface area (Å²) in [4.78, 5) is 15.6. The number of hydrogen-bond donors (Lipinski definition) is 1. The Morgan fingerprint density at radius 3 is 2.50 bits per heavy atom. The van der Waals surface area contributed by atoms with Crippen LogP contribution >= 0.6 is 34.2 Å². The standard InChI is InChI=1S/C14H13ClINO3/c1-14(2,3)11-10(13(18)19)20-12(17-11)7-4-5-9(16)8(15)6-7/h4-6H,1-3H3,(H,18,19). The fourth-order valence-corrected chi connectivity index (χ4v) is 2.24. The maximum Gasteiger partial charge on any atom is 0.373 e. The van der Waals surface area contributed by atoms with E-state index in [9.17, 15) is 9.90 Å². The van der Waals surface area contributed by atoms with Gasteiger partial charge in [-0.05, 0) is 40.8 Å². The summed E-state index contributed by atoms with van der Waals surface area (Å²) in [5.74, 6) is -0.974. The number of aromatic nitrogens is 1. The predicted octanol–water partition coefficient (Wildman–Crippen LogP) is 4.60. The molecular weight excluding hydrogens is 393 g/mol. The highest BCUT2D eigenvalue weighted by molar-refractivity contribution is 14.1. The Hall–Kier alpha value is -1.08. The summed E-state index contributed by atoms with van der Waals surface area (Å²) in [5, 5.41) is 9.81. The molecule has 0 aliphatic rings. The van der Waals surface area contributed by atoms with E-state index in [2.05, 4.69) is 27.6 Å². The lowest BCUT2D eigenvalue weighted by Crippen LogP contribution is -2.16. The van der Waals surface area contributed by atoms with Gasteiger partial charge in [-0.1, -0.05) is 32.4 Å². The molecular formula is C14H13ClINO3. The third-order valence-electron chi connectivity index (χ3n) is 2.70. The smallest absolute Gasteiger partial charge is 0.373 e. The number of aromatic carboxylic acids is 1. The van der Waals surface area contributed by atoms with Crippen molar-refractivity contribution in [2.45, 2.75) is 26.2 Å². The van der Waals surface area contributed by atoms with Gasteiger partial charge in [0.25, 0.3) is 0 Å². The van der Waals surface area contributed by atoms with E-state index < -0.39 is 11.4 Å². The van der Waals surface area contributed by atoms with Gasteiger partial charge in [0.1, 0.15) is 5.69 Å². The Labute approximate surface area is 135 Å². The summed E-state index contributed by atoms with van der Waals surface area (Å²) < 4.78 is 6.32. The minimum atomic E-state index is -1.12. The molecule has 0 aliphatic heterocycles. The van der Waals surface area contributed by atoms with Crippen molar-refractivity contribution < 1.29 is 14.3 Å². The molecule has 0 spiro atoms. The average Bonchev–Trinajstić information content (AvgIpc) is 2.77. The van der Waals surface area contributed by atoms with Crippen LogP contribution in [0.15, 0.2) is 22.6 Å². The van der Waals surface area contributed by atoms with E-state index in [0.29, 0.717) is 16.3 Å². The van der Waals surface area contributed by atoms with E-state index in [1.807, 2.05) is 26.8 Å². The molecule has 0 radical (unpaired) electrons. The first-order valence-corrected chi connectivity index (χ1v) is 7.36. The van der Waals surface area contributed by atoms with Gasteiger partial charge in [-0.3, -0.25) is 0 Å². The van der Waals surface area contributed by atoms with Crippen LogP contribution in [0.4, 0.5) is 0 Å². The highest BCUT2D eigenvalue weighted by atomic mass is 127. The lowest BCUT2D eigenvalue weighted by molar-refractivity contribution is 0.0659. The number of benzene rings is 1. The van der Waals surface area contributed by atoms with Gasteiger partial charge in [0.2, 0.25) is 11.7 Å². The van der Waals surface area contributed by atoms with Crippen molar-refractivity contribution in [2.75, 3.05) is 0 Å². The van der Waals surface area contributed by atoms with E-state index in [0.717, 1.165) is 3.57 Å². The third kappa shape index (κ3) is 2.98. The lowest BCUT2D eigenvalue weighted by atomic mass is 9.91. The van der Waals surface area contributed by atoms with Gasteiger partial charge in [0.05, 0.1) is 5.02 Å². The second-order valence-electron chi connectivity index (χ2n) is 5.38. The predicted molar refractivity (Wildman–Crippen MR) is 85.3 cm³/mol. The van der Waals surface area contributed by atoms with Crippen LogP contribution in [0.5, 0.6) is 0 Å². The molecule has 106 valence electrons. The molecule has 4 nitrogen and oxygen atoms in total. The first kappa shape index (κ1) is 15.3. The maximum absolute atomic E-state index is 11.3.